The molecule has 0 aliphatic carbocycles. The first kappa shape index (κ1) is 7.65. The third-order valence-corrected chi connectivity index (χ3v) is 2.06. The first-order valence-electron chi connectivity index (χ1n) is 2.81. The van der Waals surface area contributed by atoms with Crippen molar-refractivity contribution in [1.82, 2.24) is 0 Å². The van der Waals surface area contributed by atoms with Gasteiger partial charge in [0, 0.05) is 9.99 Å². The van der Waals surface area contributed by atoms with Crippen LogP contribution in [0.4, 0.5) is 0 Å². The van der Waals surface area contributed by atoms with Gasteiger partial charge in [0.05, 0.1) is 0 Å². The first-order valence-corrected chi connectivity index (χ1v) is 4.34. The van der Waals surface area contributed by atoms with Gasteiger partial charge in [-0.2, -0.15) is 0 Å². The van der Waals surface area contributed by atoms with Gasteiger partial charge in [-0.15, -0.1) is 0 Å². The molecule has 0 saturated carbocycles. The number of rotatable bonds is 1. The molecule has 2 N–H and O–H groups in total. The van der Waals surface area contributed by atoms with Crippen molar-refractivity contribution in [2.45, 2.75) is 4.43 Å². The van der Waals surface area contributed by atoms with Gasteiger partial charge in [-0.3, -0.25) is 0 Å². The molecule has 0 atom stereocenters. The van der Waals surface area contributed by atoms with Gasteiger partial charge in [-0.05, 0) is 6.07 Å². The summed E-state index contributed by atoms with van der Waals surface area (Å²) in [7, 11) is 0. The fourth-order valence-corrected chi connectivity index (χ4v) is 1.30. The Morgan fingerprint density at radius 2 is 2.00 bits per heavy atom. The minimum atomic E-state index is -0.0471. The van der Waals surface area contributed by atoms with Crippen LogP contribution < -0.4 is 0 Å². The standard InChI is InChI=1S/C7H7IO2/c8-4-5-2-1-3-6(9)7(5)10/h1-3,9-10H,4H2. The molecule has 0 bridgehead atoms. The van der Waals surface area contributed by atoms with Crippen LogP contribution in [-0.2, 0) is 4.43 Å². The summed E-state index contributed by atoms with van der Waals surface area (Å²) in [5.74, 6) is -0.0499. The molecule has 0 aliphatic heterocycles. The van der Waals surface area contributed by atoms with E-state index in [0.717, 1.165) is 5.56 Å². The molecule has 0 amide bonds. The molecular formula is C7H7IO2. The van der Waals surface area contributed by atoms with Crippen LogP contribution in [0, 0.1) is 0 Å². The largest absolute Gasteiger partial charge is 0.504 e. The van der Waals surface area contributed by atoms with Crippen LogP contribution in [0.5, 0.6) is 11.5 Å². The number of hydrogen-bond acceptors (Lipinski definition) is 2. The van der Waals surface area contributed by atoms with Gasteiger partial charge in [0.2, 0.25) is 0 Å². The molecule has 0 spiro atoms. The van der Waals surface area contributed by atoms with E-state index in [2.05, 4.69) is 22.6 Å². The van der Waals surface area contributed by atoms with Crippen LogP contribution in [0.3, 0.4) is 0 Å². The van der Waals surface area contributed by atoms with E-state index in [1.165, 1.54) is 6.07 Å². The van der Waals surface area contributed by atoms with E-state index in [1.807, 2.05) is 0 Å². The monoisotopic (exact) mass is 250 g/mol. The van der Waals surface area contributed by atoms with Crippen molar-refractivity contribution in [2.75, 3.05) is 0 Å². The second-order valence-electron chi connectivity index (χ2n) is 1.92. The molecule has 0 radical (unpaired) electrons. The molecule has 0 fully saturated rings. The highest BCUT2D eigenvalue weighted by atomic mass is 127. The maximum atomic E-state index is 9.14. The molecule has 1 aromatic rings. The predicted octanol–water partition coefficient (Wildman–Crippen LogP) is 2.03. The number of alkyl halides is 1. The van der Waals surface area contributed by atoms with E-state index >= 15 is 0 Å². The lowest BCUT2D eigenvalue weighted by atomic mass is 10.2. The van der Waals surface area contributed by atoms with Crippen LogP contribution in [0.25, 0.3) is 0 Å². The van der Waals surface area contributed by atoms with E-state index in [4.69, 9.17) is 10.2 Å². The Hall–Kier alpha value is -0.450. The van der Waals surface area contributed by atoms with E-state index in [0.29, 0.717) is 4.43 Å². The molecule has 3 heteroatoms. The lowest BCUT2D eigenvalue weighted by Crippen LogP contribution is -1.77. The Morgan fingerprint density at radius 1 is 1.30 bits per heavy atom. The van der Waals surface area contributed by atoms with Crippen LogP contribution >= 0.6 is 22.6 Å². The number of phenolic OH excluding ortho intramolecular Hbond substituents is 2. The van der Waals surface area contributed by atoms with Crippen LogP contribution in [0.15, 0.2) is 18.2 Å². The Balaban J connectivity index is 3.14. The Bertz CT molecular complexity index is 235. The molecule has 1 aromatic carbocycles. The molecule has 0 aromatic heterocycles. The smallest absolute Gasteiger partial charge is 0.161 e. The van der Waals surface area contributed by atoms with Crippen LogP contribution in [-0.4, -0.2) is 10.2 Å². The summed E-state index contributed by atoms with van der Waals surface area (Å²) in [6.45, 7) is 0. The number of benzene rings is 1. The molecule has 0 aliphatic rings. The zero-order valence-electron chi connectivity index (χ0n) is 5.21. The summed E-state index contributed by atoms with van der Waals surface area (Å²) in [5, 5.41) is 18.1. The fourth-order valence-electron chi connectivity index (χ4n) is 0.686. The summed E-state index contributed by atoms with van der Waals surface area (Å²) in [5.41, 5.74) is 0.764. The van der Waals surface area contributed by atoms with E-state index in [-0.39, 0.29) is 11.5 Å². The molecule has 0 heterocycles. The summed E-state index contributed by atoms with van der Waals surface area (Å²) in [4.78, 5) is 0. The summed E-state index contributed by atoms with van der Waals surface area (Å²) in [6, 6.07) is 4.95. The number of para-hydroxylation sites is 1. The molecule has 54 valence electrons. The van der Waals surface area contributed by atoms with Gasteiger partial charge < -0.3 is 10.2 Å². The van der Waals surface area contributed by atoms with Gasteiger partial charge in [0.1, 0.15) is 0 Å². The van der Waals surface area contributed by atoms with Crippen molar-refractivity contribution >= 4 is 22.6 Å². The average molecular weight is 250 g/mol. The quantitative estimate of drug-likeness (QED) is 0.455. The Labute approximate surface area is 72.6 Å². The second-order valence-corrected chi connectivity index (χ2v) is 2.68. The maximum absolute atomic E-state index is 9.14. The van der Waals surface area contributed by atoms with Crippen molar-refractivity contribution in [1.29, 1.82) is 0 Å². The van der Waals surface area contributed by atoms with Crippen molar-refractivity contribution in [2.24, 2.45) is 0 Å². The molecule has 0 saturated heterocycles. The van der Waals surface area contributed by atoms with Crippen LogP contribution in [0.2, 0.25) is 0 Å². The van der Waals surface area contributed by atoms with Gasteiger partial charge in [-0.1, -0.05) is 34.7 Å². The highest BCUT2D eigenvalue weighted by molar-refractivity contribution is 14.1. The van der Waals surface area contributed by atoms with E-state index < -0.39 is 0 Å². The Kier molecular flexibility index (Phi) is 2.37. The van der Waals surface area contributed by atoms with Crippen molar-refractivity contribution < 1.29 is 10.2 Å². The second kappa shape index (κ2) is 3.09. The SMILES string of the molecule is Oc1cccc(CI)c1O. The van der Waals surface area contributed by atoms with Crippen LogP contribution in [0.1, 0.15) is 5.56 Å². The highest BCUT2D eigenvalue weighted by Crippen LogP contribution is 2.29. The minimum Gasteiger partial charge on any atom is -0.504 e. The Morgan fingerprint density at radius 3 is 2.50 bits per heavy atom. The molecular weight excluding hydrogens is 243 g/mol. The van der Waals surface area contributed by atoms with E-state index in [9.17, 15) is 0 Å². The van der Waals surface area contributed by atoms with Crippen molar-refractivity contribution in [3.8, 4) is 11.5 Å². The third kappa shape index (κ3) is 1.34. The molecule has 0 unspecified atom stereocenters. The van der Waals surface area contributed by atoms with Gasteiger partial charge in [-0.25, -0.2) is 0 Å². The zero-order valence-corrected chi connectivity index (χ0v) is 7.37. The van der Waals surface area contributed by atoms with Crippen molar-refractivity contribution in [3.05, 3.63) is 23.8 Å². The lowest BCUT2D eigenvalue weighted by Gasteiger charge is -2.00. The summed E-state index contributed by atoms with van der Waals surface area (Å²) >= 11 is 2.12. The number of phenols is 2. The number of hydrogen-bond donors (Lipinski definition) is 2. The average Bonchev–Trinajstić information content (AvgIpc) is 1.95. The summed E-state index contributed by atoms with van der Waals surface area (Å²) in [6.07, 6.45) is 0. The third-order valence-electron chi connectivity index (χ3n) is 1.24. The molecule has 1 rings (SSSR count). The van der Waals surface area contributed by atoms with Crippen molar-refractivity contribution in [3.63, 3.8) is 0 Å². The number of aromatic hydroxyl groups is 2. The first-order chi connectivity index (χ1) is 4.75. The van der Waals surface area contributed by atoms with Gasteiger partial charge >= 0.3 is 0 Å². The summed E-state index contributed by atoms with van der Waals surface area (Å²) < 4.78 is 0.706. The molecule has 2 nitrogen and oxygen atoms in total. The minimum absolute atomic E-state index is 0.00287. The van der Waals surface area contributed by atoms with E-state index in [1.54, 1.807) is 12.1 Å². The zero-order chi connectivity index (χ0) is 7.56. The topological polar surface area (TPSA) is 40.5 Å². The molecule has 10 heavy (non-hydrogen) atoms. The van der Waals surface area contributed by atoms with Gasteiger partial charge in [0.25, 0.3) is 0 Å². The maximum Gasteiger partial charge on any atom is 0.161 e. The lowest BCUT2D eigenvalue weighted by molar-refractivity contribution is 0.401. The number of halogens is 1. The highest BCUT2D eigenvalue weighted by Gasteiger charge is 2.02. The predicted molar refractivity (Wildman–Crippen MR) is 47.5 cm³/mol. The fraction of sp³-hybridized carbons (Fsp3) is 0.143. The normalized spacial score (nSPS) is 9.70. The van der Waals surface area contributed by atoms with Gasteiger partial charge in [0.15, 0.2) is 11.5 Å².